The van der Waals surface area contributed by atoms with Crippen LogP contribution in [0.2, 0.25) is 0 Å². The number of amides is 2. The monoisotopic (exact) mass is 636 g/mol. The number of nitrogens with zero attached hydrogens (tertiary/aromatic N) is 3. The van der Waals surface area contributed by atoms with Crippen LogP contribution in [0.15, 0.2) is 35.3 Å². The van der Waals surface area contributed by atoms with Crippen molar-refractivity contribution in [1.29, 1.82) is 0 Å². The number of nitrogens with two attached hydrogens (primary N) is 1. The van der Waals surface area contributed by atoms with Crippen molar-refractivity contribution in [2.45, 2.75) is 31.8 Å². The summed E-state index contributed by atoms with van der Waals surface area (Å²) in [6.07, 6.45) is 2.39. The fourth-order valence-electron chi connectivity index (χ4n) is 3.49. The fraction of sp³-hybridized carbons (Fsp3) is 0.400. The summed E-state index contributed by atoms with van der Waals surface area (Å²) in [4.78, 5) is 63.2. The molecule has 0 radical (unpaired) electrons. The molecule has 226 valence electrons. The standard InChI is InChI=1S/C25H33N8O6PS2/c1-40-39-10-2-11-41-42-12-9-27-19(34)8-7-18(24(37)38)31-22(35)15-3-5-16(6-4-15)28-13-17-14-29-21-20(30-17)23(36)33-25(26)32-21/h3-6,14,18,28,40H,2,7-13H2,1H3,(H,27,34)(H,31,35)(H,37,38)(H3,26,29,32,33,36). The zero-order valence-corrected chi connectivity index (χ0v) is 25.5. The highest BCUT2D eigenvalue weighted by atomic mass is 33.1. The van der Waals surface area contributed by atoms with E-state index in [1.165, 1.54) is 6.20 Å². The molecule has 7 N–H and O–H groups in total. The molecule has 17 heteroatoms. The predicted octanol–water partition coefficient (Wildman–Crippen LogP) is 2.00. The van der Waals surface area contributed by atoms with Crippen molar-refractivity contribution in [1.82, 2.24) is 30.6 Å². The zero-order chi connectivity index (χ0) is 30.3. The first-order valence-corrected chi connectivity index (χ1v) is 16.8. The number of hydrogen-bond acceptors (Lipinski definition) is 12. The quantitative estimate of drug-likeness (QED) is 0.0670. The number of benzene rings is 1. The maximum absolute atomic E-state index is 12.7. The average Bonchev–Trinajstić information content (AvgIpc) is 2.97. The third kappa shape index (κ3) is 11.1. The van der Waals surface area contributed by atoms with Crippen molar-refractivity contribution in [3.05, 3.63) is 52.1 Å². The molecule has 42 heavy (non-hydrogen) atoms. The highest BCUT2D eigenvalue weighted by Crippen LogP contribution is 2.21. The molecule has 0 aliphatic heterocycles. The smallest absolute Gasteiger partial charge is 0.326 e. The maximum atomic E-state index is 12.7. The topological polar surface area (TPSA) is 214 Å². The normalized spacial score (nSPS) is 11.9. The molecule has 0 saturated heterocycles. The molecule has 3 aromatic rings. The maximum Gasteiger partial charge on any atom is 0.326 e. The molecule has 0 bridgehead atoms. The lowest BCUT2D eigenvalue weighted by Crippen LogP contribution is -2.41. The second-order valence-corrected chi connectivity index (χ2v) is 12.1. The number of carbonyl (C=O) groups excluding carboxylic acids is 2. The van der Waals surface area contributed by atoms with E-state index in [1.807, 2.05) is 6.66 Å². The van der Waals surface area contributed by atoms with Gasteiger partial charge in [0.15, 0.2) is 11.2 Å². The Balaban J connectivity index is 1.40. The number of nitrogens with one attached hydrogen (secondary N) is 4. The van der Waals surface area contributed by atoms with Crippen LogP contribution < -0.4 is 27.2 Å². The fourth-order valence-corrected chi connectivity index (χ4v) is 5.81. The van der Waals surface area contributed by atoms with Gasteiger partial charge in [0.05, 0.1) is 25.0 Å². The van der Waals surface area contributed by atoms with Gasteiger partial charge in [0.2, 0.25) is 11.9 Å². The molecular formula is C25H33N8O6PS2. The summed E-state index contributed by atoms with van der Waals surface area (Å²) in [5.74, 6) is -0.395. The Morgan fingerprint density at radius 1 is 1.17 bits per heavy atom. The number of carboxylic acid groups (broad SMARTS) is 1. The first-order valence-electron chi connectivity index (χ1n) is 13.0. The number of carboxylic acids is 1. The number of rotatable bonds is 18. The molecule has 2 heterocycles. The second-order valence-electron chi connectivity index (χ2n) is 8.72. The van der Waals surface area contributed by atoms with Crippen molar-refractivity contribution in [3.63, 3.8) is 0 Å². The third-order valence-electron chi connectivity index (χ3n) is 5.58. The van der Waals surface area contributed by atoms with Gasteiger partial charge in [-0.05, 0) is 43.8 Å². The van der Waals surface area contributed by atoms with E-state index in [0.29, 0.717) is 26.7 Å². The highest BCUT2D eigenvalue weighted by Gasteiger charge is 2.21. The van der Waals surface area contributed by atoms with Crippen LogP contribution in [0.5, 0.6) is 0 Å². The number of anilines is 2. The van der Waals surface area contributed by atoms with E-state index in [2.05, 4.69) is 35.9 Å². The van der Waals surface area contributed by atoms with Crippen molar-refractivity contribution in [2.75, 3.05) is 42.4 Å². The molecule has 2 aromatic heterocycles. The Bertz CT molecular complexity index is 1410. The number of aromatic amines is 1. The van der Waals surface area contributed by atoms with E-state index in [1.54, 1.807) is 45.9 Å². The van der Waals surface area contributed by atoms with Crippen molar-refractivity contribution >= 4 is 71.0 Å². The first kappa shape index (κ1) is 33.0. The van der Waals surface area contributed by atoms with Crippen LogP contribution >= 0.6 is 30.4 Å². The molecular weight excluding hydrogens is 603 g/mol. The lowest BCUT2D eigenvalue weighted by Gasteiger charge is -2.15. The van der Waals surface area contributed by atoms with Gasteiger partial charge in [0, 0.05) is 44.5 Å². The van der Waals surface area contributed by atoms with Gasteiger partial charge in [0.1, 0.15) is 6.04 Å². The molecule has 2 unspecified atom stereocenters. The molecule has 0 fully saturated rings. The van der Waals surface area contributed by atoms with Crippen molar-refractivity contribution in [3.8, 4) is 0 Å². The van der Waals surface area contributed by atoms with E-state index in [-0.39, 0.29) is 48.0 Å². The minimum Gasteiger partial charge on any atom is -0.480 e. The van der Waals surface area contributed by atoms with Crippen molar-refractivity contribution < 1.29 is 24.0 Å². The van der Waals surface area contributed by atoms with Gasteiger partial charge in [-0.25, -0.2) is 14.8 Å². The van der Waals surface area contributed by atoms with Crippen LogP contribution in [0.25, 0.3) is 11.2 Å². The lowest BCUT2D eigenvalue weighted by atomic mass is 10.1. The van der Waals surface area contributed by atoms with Gasteiger partial charge in [0.25, 0.3) is 11.5 Å². The Morgan fingerprint density at radius 3 is 2.67 bits per heavy atom. The zero-order valence-electron chi connectivity index (χ0n) is 22.8. The Labute approximate surface area is 251 Å². The molecule has 0 saturated carbocycles. The molecule has 0 aliphatic rings. The van der Waals surface area contributed by atoms with Crippen LogP contribution in [0, 0.1) is 0 Å². The number of carbonyl (C=O) groups is 3. The number of nitrogen functional groups attached to an aromatic ring is 1. The largest absolute Gasteiger partial charge is 0.480 e. The Morgan fingerprint density at radius 2 is 1.93 bits per heavy atom. The Kier molecular flexibility index (Phi) is 13.8. The number of aliphatic carboxylic acids is 1. The van der Waals surface area contributed by atoms with Gasteiger partial charge in [-0.15, -0.1) is 0 Å². The van der Waals surface area contributed by atoms with E-state index < -0.39 is 23.5 Å². The first-order chi connectivity index (χ1) is 20.3. The minimum absolute atomic E-state index is 0.0277. The van der Waals surface area contributed by atoms with E-state index in [4.69, 9.17) is 10.3 Å². The summed E-state index contributed by atoms with van der Waals surface area (Å²) in [6.45, 7) is 3.47. The minimum atomic E-state index is -1.22. The number of aromatic nitrogens is 4. The van der Waals surface area contributed by atoms with Crippen LogP contribution in [0.3, 0.4) is 0 Å². The van der Waals surface area contributed by atoms with Crippen molar-refractivity contribution in [2.24, 2.45) is 0 Å². The second kappa shape index (κ2) is 17.5. The molecule has 3 rings (SSSR count). The summed E-state index contributed by atoms with van der Waals surface area (Å²) in [7, 11) is 3.89. The van der Waals surface area contributed by atoms with Gasteiger partial charge in [-0.3, -0.25) is 19.4 Å². The Hall–Kier alpha value is -3.46. The van der Waals surface area contributed by atoms with Crippen LogP contribution in [-0.4, -0.2) is 80.2 Å². The third-order valence-corrected chi connectivity index (χ3v) is 8.57. The van der Waals surface area contributed by atoms with E-state index >= 15 is 0 Å². The molecule has 2 atom stereocenters. The van der Waals surface area contributed by atoms with E-state index in [0.717, 1.165) is 24.5 Å². The molecule has 1 aromatic carbocycles. The van der Waals surface area contributed by atoms with Crippen LogP contribution in [0.1, 0.15) is 35.3 Å². The number of fused-ring (bicyclic) bond motifs is 1. The van der Waals surface area contributed by atoms with Gasteiger partial charge in [-0.2, -0.15) is 4.98 Å². The number of H-pyrrole nitrogens is 1. The summed E-state index contributed by atoms with van der Waals surface area (Å²) < 4.78 is 5.31. The molecule has 0 spiro atoms. The molecule has 2 amide bonds. The lowest BCUT2D eigenvalue weighted by molar-refractivity contribution is -0.139. The van der Waals surface area contributed by atoms with Crippen LogP contribution in [-0.2, 0) is 20.7 Å². The SMILES string of the molecule is CPOCCCSSCCNC(=O)CCC(NC(=O)c1ccc(NCc2cnc3nc(N)[nH]c(=O)c3n2)cc1)C(=O)O. The predicted molar refractivity (Wildman–Crippen MR) is 167 cm³/mol. The van der Waals surface area contributed by atoms with Gasteiger partial charge >= 0.3 is 5.97 Å². The van der Waals surface area contributed by atoms with Gasteiger partial charge in [-0.1, -0.05) is 21.6 Å². The number of hydrogen-bond donors (Lipinski definition) is 6. The summed E-state index contributed by atoms with van der Waals surface area (Å²) >= 11 is 0. The summed E-state index contributed by atoms with van der Waals surface area (Å²) in [5, 5.41) is 17.9. The molecule has 0 aliphatic carbocycles. The van der Waals surface area contributed by atoms with E-state index in [9.17, 15) is 24.3 Å². The van der Waals surface area contributed by atoms with Crippen LogP contribution in [0.4, 0.5) is 11.6 Å². The molecule has 14 nitrogen and oxygen atoms in total. The summed E-state index contributed by atoms with van der Waals surface area (Å²) in [6, 6.07) is 5.17. The highest BCUT2D eigenvalue weighted by molar-refractivity contribution is 8.76. The van der Waals surface area contributed by atoms with Gasteiger partial charge < -0.3 is 31.3 Å². The summed E-state index contributed by atoms with van der Waals surface area (Å²) in [5.41, 5.74) is 6.64. The average molecular weight is 637 g/mol.